The first-order chi connectivity index (χ1) is 18.1. The molecule has 2 fully saturated rings. The number of carbonyl (C=O) groups is 3. The molecule has 0 N–H and O–H groups in total. The maximum Gasteiger partial charge on any atom is 0.163 e. The number of hydrogen-bond donors (Lipinski definition) is 0. The average Bonchev–Trinajstić information content (AvgIpc) is 3.24. The number of rotatable bonds is 10. The Morgan fingerprint density at radius 3 is 2.26 bits per heavy atom. The fourth-order valence-electron chi connectivity index (χ4n) is 7.24. The van der Waals surface area contributed by atoms with Crippen molar-refractivity contribution in [3.05, 3.63) is 70.8 Å². The molecule has 4 rings (SSSR count). The van der Waals surface area contributed by atoms with Crippen LogP contribution in [0.2, 0.25) is 0 Å². The summed E-state index contributed by atoms with van der Waals surface area (Å²) in [4.78, 5) is 41.7. The van der Waals surface area contributed by atoms with Gasteiger partial charge in [-0.05, 0) is 74.0 Å². The van der Waals surface area contributed by atoms with Gasteiger partial charge in [0.2, 0.25) is 0 Å². The summed E-state index contributed by atoms with van der Waals surface area (Å²) in [7, 11) is 0. The summed E-state index contributed by atoms with van der Waals surface area (Å²) in [5.74, 6) is -0.0771. The summed E-state index contributed by atoms with van der Waals surface area (Å²) in [5, 5.41) is 0. The third kappa shape index (κ3) is 6.19. The largest absolute Gasteiger partial charge is 0.299 e. The van der Waals surface area contributed by atoms with Gasteiger partial charge in [0.1, 0.15) is 11.6 Å². The van der Waals surface area contributed by atoms with Gasteiger partial charge >= 0.3 is 0 Å². The highest BCUT2D eigenvalue weighted by molar-refractivity contribution is 5.98. The van der Waals surface area contributed by atoms with Crippen molar-refractivity contribution in [3.63, 3.8) is 0 Å². The monoisotopic (exact) mass is 514 g/mol. The van der Waals surface area contributed by atoms with E-state index in [0.29, 0.717) is 18.6 Å². The smallest absolute Gasteiger partial charge is 0.163 e. The van der Waals surface area contributed by atoms with Gasteiger partial charge in [0.25, 0.3) is 0 Å². The Bertz CT molecular complexity index is 1140. The van der Waals surface area contributed by atoms with Gasteiger partial charge in [0, 0.05) is 35.7 Å². The maximum absolute atomic E-state index is 14.2. The van der Waals surface area contributed by atoms with Crippen molar-refractivity contribution < 1.29 is 14.4 Å². The van der Waals surface area contributed by atoms with Gasteiger partial charge in [-0.15, -0.1) is 0 Å². The van der Waals surface area contributed by atoms with Gasteiger partial charge in [-0.2, -0.15) is 0 Å². The van der Waals surface area contributed by atoms with Gasteiger partial charge in [-0.1, -0.05) is 88.6 Å². The Balaban J connectivity index is 1.59. The average molecular weight is 515 g/mol. The molecule has 2 aliphatic carbocycles. The second-order valence-electron chi connectivity index (χ2n) is 12.9. The third-order valence-electron chi connectivity index (χ3n) is 9.87. The molecule has 0 saturated heterocycles. The van der Waals surface area contributed by atoms with Crippen molar-refractivity contribution in [1.29, 1.82) is 0 Å². The van der Waals surface area contributed by atoms with E-state index in [0.717, 1.165) is 60.8 Å². The van der Waals surface area contributed by atoms with Crippen molar-refractivity contribution in [3.8, 4) is 0 Å². The molecular weight excluding hydrogens is 468 g/mol. The standard InChI is InChI=1S/C35H46O3/c1-23-13-12-18-29(24(23)2)31(36)22-28(21-26-14-8-6-9-15-26)25(3)33(37)30-19-20-35(4,5)32(30)34(38)27-16-10-7-11-17-27/h6,8-9,12-15,18,25,27-28,30,32H,7,10-11,16-17,19-22H2,1-5H3. The lowest BCUT2D eigenvalue weighted by Crippen LogP contribution is -2.40. The van der Waals surface area contributed by atoms with E-state index in [9.17, 15) is 14.4 Å². The number of hydrogen-bond acceptors (Lipinski definition) is 3. The summed E-state index contributed by atoms with van der Waals surface area (Å²) < 4.78 is 0. The van der Waals surface area contributed by atoms with E-state index >= 15 is 0 Å². The highest BCUT2D eigenvalue weighted by atomic mass is 16.1. The molecule has 2 aliphatic rings. The molecule has 3 heteroatoms. The molecule has 4 atom stereocenters. The minimum absolute atomic E-state index is 0.105. The minimum atomic E-state index is -0.287. The van der Waals surface area contributed by atoms with E-state index < -0.39 is 0 Å². The first kappa shape index (κ1) is 28.5. The van der Waals surface area contributed by atoms with Gasteiger partial charge in [-0.3, -0.25) is 14.4 Å². The van der Waals surface area contributed by atoms with E-state index in [1.807, 2.05) is 57.2 Å². The predicted molar refractivity (Wildman–Crippen MR) is 154 cm³/mol. The summed E-state index contributed by atoms with van der Waals surface area (Å²) in [6, 6.07) is 16.1. The van der Waals surface area contributed by atoms with Crippen LogP contribution in [0, 0.1) is 48.9 Å². The van der Waals surface area contributed by atoms with Crippen LogP contribution in [-0.4, -0.2) is 17.3 Å². The molecule has 0 amide bonds. The van der Waals surface area contributed by atoms with Gasteiger partial charge in [-0.25, -0.2) is 0 Å². The number of Topliss-reactive ketones (excluding diaryl/α,β-unsaturated/α-hetero) is 3. The fourth-order valence-corrected chi connectivity index (χ4v) is 7.24. The number of carbonyl (C=O) groups excluding carboxylic acids is 3. The summed E-state index contributed by atoms with van der Waals surface area (Å²) in [6.45, 7) is 10.4. The first-order valence-corrected chi connectivity index (χ1v) is 14.8. The van der Waals surface area contributed by atoms with Crippen molar-refractivity contribution in [1.82, 2.24) is 0 Å². The van der Waals surface area contributed by atoms with Crippen LogP contribution in [0.3, 0.4) is 0 Å². The highest BCUT2D eigenvalue weighted by Gasteiger charge is 2.51. The van der Waals surface area contributed by atoms with E-state index in [1.54, 1.807) is 0 Å². The SMILES string of the molecule is Cc1cccc(C(=O)CC(Cc2ccccc2)C(C)C(=O)C2CCC(C)(C)C2C(=O)C2CCCCC2)c1C. The Labute approximate surface area is 229 Å². The molecule has 0 heterocycles. The molecule has 0 aliphatic heterocycles. The predicted octanol–water partition coefficient (Wildman–Crippen LogP) is 8.14. The van der Waals surface area contributed by atoms with E-state index in [1.165, 1.54) is 6.42 Å². The first-order valence-electron chi connectivity index (χ1n) is 14.8. The Kier molecular flexibility index (Phi) is 9.06. The summed E-state index contributed by atoms with van der Waals surface area (Å²) in [5.41, 5.74) is 3.88. The van der Waals surface area contributed by atoms with Crippen molar-refractivity contribution in [2.24, 2.45) is 35.0 Å². The van der Waals surface area contributed by atoms with E-state index in [-0.39, 0.29) is 46.6 Å². The summed E-state index contributed by atoms with van der Waals surface area (Å²) >= 11 is 0. The van der Waals surface area contributed by atoms with E-state index in [2.05, 4.69) is 26.0 Å². The Morgan fingerprint density at radius 2 is 1.58 bits per heavy atom. The van der Waals surface area contributed by atoms with Crippen LogP contribution in [-0.2, 0) is 16.0 Å². The third-order valence-corrected chi connectivity index (χ3v) is 9.87. The molecule has 38 heavy (non-hydrogen) atoms. The normalized spacial score (nSPS) is 23.1. The zero-order chi connectivity index (χ0) is 27.4. The number of aryl methyl sites for hydroxylation is 1. The lowest BCUT2D eigenvalue weighted by atomic mass is 9.67. The number of ketones is 3. The van der Waals surface area contributed by atoms with Crippen molar-refractivity contribution in [2.75, 3.05) is 0 Å². The quantitative estimate of drug-likeness (QED) is 0.301. The maximum atomic E-state index is 14.2. The molecule has 2 aromatic rings. The van der Waals surface area contributed by atoms with Crippen LogP contribution in [0.5, 0.6) is 0 Å². The molecule has 3 nitrogen and oxygen atoms in total. The molecule has 0 aromatic heterocycles. The van der Waals surface area contributed by atoms with Crippen LogP contribution in [0.15, 0.2) is 48.5 Å². The second-order valence-corrected chi connectivity index (χ2v) is 12.9. The topological polar surface area (TPSA) is 51.2 Å². The van der Waals surface area contributed by atoms with Crippen LogP contribution in [0.25, 0.3) is 0 Å². The Morgan fingerprint density at radius 1 is 0.895 bits per heavy atom. The number of benzene rings is 2. The molecular formula is C35H46O3. The Hall–Kier alpha value is -2.55. The molecule has 2 aromatic carbocycles. The lowest BCUT2D eigenvalue weighted by molar-refractivity contribution is -0.139. The second kappa shape index (κ2) is 12.1. The zero-order valence-electron chi connectivity index (χ0n) is 24.1. The van der Waals surface area contributed by atoms with E-state index in [4.69, 9.17) is 0 Å². The lowest BCUT2D eigenvalue weighted by Gasteiger charge is -2.35. The fraction of sp³-hybridized carbons (Fsp3) is 0.571. The molecule has 0 bridgehead atoms. The van der Waals surface area contributed by atoms with Gasteiger partial charge < -0.3 is 0 Å². The highest BCUT2D eigenvalue weighted by Crippen LogP contribution is 2.50. The van der Waals surface area contributed by atoms with Crippen LogP contribution >= 0.6 is 0 Å². The van der Waals surface area contributed by atoms with Crippen LogP contribution < -0.4 is 0 Å². The zero-order valence-corrected chi connectivity index (χ0v) is 24.1. The molecule has 4 unspecified atom stereocenters. The molecule has 0 radical (unpaired) electrons. The van der Waals surface area contributed by atoms with Crippen LogP contribution in [0.4, 0.5) is 0 Å². The molecule has 0 spiro atoms. The molecule has 2 saturated carbocycles. The van der Waals surface area contributed by atoms with Crippen molar-refractivity contribution in [2.45, 2.75) is 92.4 Å². The van der Waals surface area contributed by atoms with Crippen molar-refractivity contribution >= 4 is 17.3 Å². The molecule has 204 valence electrons. The van der Waals surface area contributed by atoms with Gasteiger partial charge in [0.15, 0.2) is 5.78 Å². The summed E-state index contributed by atoms with van der Waals surface area (Å²) in [6.07, 6.45) is 8.12. The van der Waals surface area contributed by atoms with Gasteiger partial charge in [0.05, 0.1) is 0 Å². The van der Waals surface area contributed by atoms with Crippen LogP contribution in [0.1, 0.15) is 99.2 Å². The minimum Gasteiger partial charge on any atom is -0.299 e.